The minimum Gasteiger partial charge on any atom is -0.379 e. The first-order valence-electron chi connectivity index (χ1n) is 4.88. The Balaban J connectivity index is 0.000000162. The van der Waals surface area contributed by atoms with Crippen molar-refractivity contribution in [3.05, 3.63) is 35.9 Å². The smallest absolute Gasteiger partial charge is 0.0591 e. The van der Waals surface area contributed by atoms with E-state index in [0.717, 1.165) is 31.9 Å². The molecule has 0 unspecified atom stereocenters. The zero-order chi connectivity index (χ0) is 10.8. The number of hydrogen-bond donors (Lipinski definition) is 1. The van der Waals surface area contributed by atoms with Gasteiger partial charge in [0.25, 0.3) is 0 Å². The maximum atomic E-state index is 5.01. The molecule has 2 rings (SSSR count). The van der Waals surface area contributed by atoms with Crippen molar-refractivity contribution in [2.75, 3.05) is 26.3 Å². The van der Waals surface area contributed by atoms with E-state index >= 15 is 0 Å². The van der Waals surface area contributed by atoms with Crippen LogP contribution < -0.4 is 5.32 Å². The second-order valence-electron chi connectivity index (χ2n) is 2.95. The van der Waals surface area contributed by atoms with E-state index in [1.165, 1.54) is 0 Å². The van der Waals surface area contributed by atoms with Crippen LogP contribution in [-0.4, -0.2) is 26.3 Å². The number of halogens is 1. The van der Waals surface area contributed by atoms with Crippen LogP contribution in [0.3, 0.4) is 0 Å². The van der Waals surface area contributed by atoms with Crippen LogP contribution >= 0.6 is 22.6 Å². The number of morpholine rings is 1. The van der Waals surface area contributed by atoms with Crippen LogP contribution in [0.2, 0.25) is 0 Å². The average Bonchev–Trinajstić information content (AvgIpc) is 2.34. The molecule has 3 heteroatoms. The maximum absolute atomic E-state index is 5.01. The molecular formula is C12H14INO. The molecule has 80 valence electrons. The summed E-state index contributed by atoms with van der Waals surface area (Å²) in [4.78, 5) is 0. The molecule has 2 nitrogen and oxygen atoms in total. The molecule has 1 aliphatic heterocycles. The fourth-order valence-electron chi connectivity index (χ4n) is 1.09. The van der Waals surface area contributed by atoms with E-state index < -0.39 is 0 Å². The van der Waals surface area contributed by atoms with E-state index in [1.807, 2.05) is 52.9 Å². The lowest BCUT2D eigenvalue weighted by atomic mass is 10.2. The fourth-order valence-corrected chi connectivity index (χ4v) is 1.40. The minimum atomic E-state index is 0.889. The highest BCUT2D eigenvalue weighted by atomic mass is 127. The molecule has 1 aliphatic rings. The lowest BCUT2D eigenvalue weighted by Gasteiger charge is -2.10. The summed E-state index contributed by atoms with van der Waals surface area (Å²) < 4.78 is 7.81. The Morgan fingerprint density at radius 2 is 1.80 bits per heavy atom. The molecule has 1 aromatic rings. The number of benzene rings is 1. The molecule has 0 aliphatic carbocycles. The van der Waals surface area contributed by atoms with Crippen molar-refractivity contribution in [3.8, 4) is 9.85 Å². The maximum Gasteiger partial charge on any atom is 0.0591 e. The van der Waals surface area contributed by atoms with Gasteiger partial charge in [0.2, 0.25) is 0 Å². The van der Waals surface area contributed by atoms with Gasteiger partial charge >= 0.3 is 0 Å². The van der Waals surface area contributed by atoms with Gasteiger partial charge in [0, 0.05) is 41.2 Å². The van der Waals surface area contributed by atoms with E-state index in [2.05, 4.69) is 15.2 Å². The van der Waals surface area contributed by atoms with Gasteiger partial charge in [0.15, 0.2) is 0 Å². The SMILES string of the molecule is C1COCCN1.IC#Cc1ccccc1. The monoisotopic (exact) mass is 315 g/mol. The predicted octanol–water partition coefficient (Wildman–Crippen LogP) is 2.04. The molecule has 0 bridgehead atoms. The summed E-state index contributed by atoms with van der Waals surface area (Å²) in [5.74, 6) is 2.94. The van der Waals surface area contributed by atoms with Gasteiger partial charge in [-0.2, -0.15) is 0 Å². The van der Waals surface area contributed by atoms with E-state index in [4.69, 9.17) is 4.74 Å². The Morgan fingerprint density at radius 3 is 2.20 bits per heavy atom. The number of nitrogens with one attached hydrogen (secondary N) is 1. The molecule has 1 aromatic carbocycles. The van der Waals surface area contributed by atoms with Crippen LogP contribution in [0, 0.1) is 9.85 Å². The molecule has 0 spiro atoms. The zero-order valence-electron chi connectivity index (χ0n) is 8.50. The average molecular weight is 315 g/mol. The number of rotatable bonds is 0. The summed E-state index contributed by atoms with van der Waals surface area (Å²) in [5, 5.41) is 3.16. The van der Waals surface area contributed by atoms with Gasteiger partial charge in [-0.25, -0.2) is 0 Å². The molecule has 15 heavy (non-hydrogen) atoms. The first kappa shape index (κ1) is 12.5. The molecular weight excluding hydrogens is 301 g/mol. The topological polar surface area (TPSA) is 21.3 Å². The van der Waals surface area contributed by atoms with E-state index in [9.17, 15) is 0 Å². The highest BCUT2D eigenvalue weighted by Crippen LogP contribution is 1.94. The normalized spacial score (nSPS) is 14.2. The standard InChI is InChI=1S/C8H5I.C4H9NO/c9-7-6-8-4-2-1-3-5-8;1-3-6-4-2-5-1/h1-5H;5H,1-4H2. The minimum absolute atomic E-state index is 0.889. The summed E-state index contributed by atoms with van der Waals surface area (Å²) >= 11 is 2.03. The molecule has 0 saturated carbocycles. The van der Waals surface area contributed by atoms with Crippen molar-refractivity contribution in [1.82, 2.24) is 5.32 Å². The zero-order valence-corrected chi connectivity index (χ0v) is 10.7. The Kier molecular flexibility index (Phi) is 7.26. The largest absolute Gasteiger partial charge is 0.379 e. The van der Waals surface area contributed by atoms with Crippen LogP contribution in [-0.2, 0) is 4.74 Å². The van der Waals surface area contributed by atoms with Gasteiger partial charge in [-0.15, -0.1) is 0 Å². The summed E-state index contributed by atoms with van der Waals surface area (Å²) in [7, 11) is 0. The lowest BCUT2D eigenvalue weighted by molar-refractivity contribution is 0.109. The highest BCUT2D eigenvalue weighted by molar-refractivity contribution is 14.1. The quantitative estimate of drug-likeness (QED) is 0.584. The second-order valence-corrected chi connectivity index (χ2v) is 3.49. The first-order chi connectivity index (χ1) is 7.43. The third kappa shape index (κ3) is 6.50. The summed E-state index contributed by atoms with van der Waals surface area (Å²) in [6.45, 7) is 3.83. The molecule has 0 aromatic heterocycles. The van der Waals surface area contributed by atoms with Crippen molar-refractivity contribution in [2.45, 2.75) is 0 Å². The Morgan fingerprint density at radius 1 is 1.13 bits per heavy atom. The molecule has 0 amide bonds. The summed E-state index contributed by atoms with van der Waals surface area (Å²) in [5.41, 5.74) is 1.08. The van der Waals surface area contributed by atoms with Crippen molar-refractivity contribution in [2.24, 2.45) is 0 Å². The van der Waals surface area contributed by atoms with Crippen LogP contribution in [0.4, 0.5) is 0 Å². The Bertz CT molecular complexity index is 300. The van der Waals surface area contributed by atoms with E-state index in [-0.39, 0.29) is 0 Å². The van der Waals surface area contributed by atoms with Crippen LogP contribution in [0.1, 0.15) is 5.56 Å². The van der Waals surface area contributed by atoms with Gasteiger partial charge in [-0.1, -0.05) is 24.1 Å². The summed E-state index contributed by atoms with van der Waals surface area (Å²) in [6.07, 6.45) is 0. The highest BCUT2D eigenvalue weighted by Gasteiger charge is 1.92. The van der Waals surface area contributed by atoms with Crippen molar-refractivity contribution >= 4 is 22.6 Å². The van der Waals surface area contributed by atoms with E-state index in [0.29, 0.717) is 0 Å². The molecule has 0 radical (unpaired) electrons. The lowest BCUT2D eigenvalue weighted by Crippen LogP contribution is -2.30. The molecule has 1 N–H and O–H groups in total. The first-order valence-corrected chi connectivity index (χ1v) is 5.96. The Labute approximate surface area is 105 Å². The number of hydrogen-bond acceptors (Lipinski definition) is 2. The van der Waals surface area contributed by atoms with Crippen LogP contribution in [0.15, 0.2) is 30.3 Å². The van der Waals surface area contributed by atoms with E-state index in [1.54, 1.807) is 0 Å². The second kappa shape index (κ2) is 8.72. The summed E-state index contributed by atoms with van der Waals surface area (Å²) in [6, 6.07) is 9.93. The Hall–Kier alpha value is -0.570. The van der Waals surface area contributed by atoms with Crippen molar-refractivity contribution in [1.29, 1.82) is 0 Å². The van der Waals surface area contributed by atoms with Crippen molar-refractivity contribution < 1.29 is 4.74 Å². The van der Waals surface area contributed by atoms with Gasteiger partial charge in [-0.3, -0.25) is 0 Å². The van der Waals surface area contributed by atoms with Gasteiger partial charge in [-0.05, 0) is 16.1 Å². The molecule has 1 fully saturated rings. The third-order valence-corrected chi connectivity index (χ3v) is 2.08. The molecule has 0 atom stereocenters. The van der Waals surface area contributed by atoms with Crippen molar-refractivity contribution in [3.63, 3.8) is 0 Å². The van der Waals surface area contributed by atoms with Crippen LogP contribution in [0.25, 0.3) is 0 Å². The predicted molar refractivity (Wildman–Crippen MR) is 71.0 cm³/mol. The van der Waals surface area contributed by atoms with Crippen LogP contribution in [0.5, 0.6) is 0 Å². The molecule has 1 heterocycles. The fraction of sp³-hybridized carbons (Fsp3) is 0.333. The number of ether oxygens (including phenoxy) is 1. The van der Waals surface area contributed by atoms with Gasteiger partial charge in [0.1, 0.15) is 0 Å². The van der Waals surface area contributed by atoms with Gasteiger partial charge in [0.05, 0.1) is 13.2 Å². The van der Waals surface area contributed by atoms with Gasteiger partial charge < -0.3 is 10.1 Å². The third-order valence-electron chi connectivity index (χ3n) is 1.81. The molecule has 1 saturated heterocycles.